The third kappa shape index (κ3) is 1.21. The molecule has 72 valence electrons. The Labute approximate surface area is 88.3 Å². The van der Waals surface area contributed by atoms with Gasteiger partial charge in [-0.2, -0.15) is 0 Å². The first-order valence-electron chi connectivity index (χ1n) is 3.96. The maximum atomic E-state index is 10.8. The average molecular weight is 255 g/mol. The SMILES string of the molecule is Cc1c(Br)cnc2c1ccn2C(=O)O. The molecule has 1 N–H and O–H groups in total. The van der Waals surface area contributed by atoms with Crippen molar-refractivity contribution < 1.29 is 9.90 Å². The molecule has 0 saturated carbocycles. The Morgan fingerprint density at radius 1 is 1.64 bits per heavy atom. The summed E-state index contributed by atoms with van der Waals surface area (Å²) >= 11 is 3.34. The lowest BCUT2D eigenvalue weighted by Gasteiger charge is -2.00. The predicted octanol–water partition coefficient (Wildman–Crippen LogP) is 2.63. The molecule has 0 fully saturated rings. The molecule has 2 aromatic rings. The van der Waals surface area contributed by atoms with Crippen LogP contribution in [0.5, 0.6) is 0 Å². The third-order valence-electron chi connectivity index (χ3n) is 2.13. The summed E-state index contributed by atoms with van der Waals surface area (Å²) in [5.74, 6) is 0. The fourth-order valence-corrected chi connectivity index (χ4v) is 1.66. The van der Waals surface area contributed by atoms with Crippen molar-refractivity contribution in [2.45, 2.75) is 6.92 Å². The Balaban J connectivity index is 2.83. The summed E-state index contributed by atoms with van der Waals surface area (Å²) in [4.78, 5) is 14.8. The molecule has 0 saturated heterocycles. The molecule has 0 unspecified atom stereocenters. The summed E-state index contributed by atoms with van der Waals surface area (Å²) in [6, 6.07) is 1.75. The second kappa shape index (κ2) is 3.09. The van der Waals surface area contributed by atoms with Crippen LogP contribution >= 0.6 is 15.9 Å². The van der Waals surface area contributed by atoms with E-state index in [1.54, 1.807) is 12.3 Å². The molecule has 0 aliphatic rings. The van der Waals surface area contributed by atoms with Crippen molar-refractivity contribution in [2.24, 2.45) is 0 Å². The van der Waals surface area contributed by atoms with E-state index in [9.17, 15) is 4.79 Å². The zero-order chi connectivity index (χ0) is 10.3. The number of rotatable bonds is 0. The van der Waals surface area contributed by atoms with Crippen LogP contribution in [-0.4, -0.2) is 20.8 Å². The summed E-state index contributed by atoms with van der Waals surface area (Å²) in [5, 5.41) is 9.69. The number of nitrogens with zero attached hydrogens (tertiary/aromatic N) is 2. The number of aryl methyl sites for hydroxylation is 1. The second-order valence-corrected chi connectivity index (χ2v) is 3.79. The molecule has 0 aliphatic carbocycles. The highest BCUT2D eigenvalue weighted by atomic mass is 79.9. The first-order chi connectivity index (χ1) is 6.61. The standard InChI is InChI=1S/C9H7BrN2O2/c1-5-6-2-3-12(9(13)14)8(6)11-4-7(5)10/h2-4H,1H3,(H,13,14). The van der Waals surface area contributed by atoms with Crippen molar-refractivity contribution in [1.82, 2.24) is 9.55 Å². The van der Waals surface area contributed by atoms with Gasteiger partial charge < -0.3 is 5.11 Å². The summed E-state index contributed by atoms with van der Waals surface area (Å²) in [6.45, 7) is 1.92. The lowest BCUT2D eigenvalue weighted by Crippen LogP contribution is -2.06. The van der Waals surface area contributed by atoms with Crippen molar-refractivity contribution in [2.75, 3.05) is 0 Å². The van der Waals surface area contributed by atoms with Crippen molar-refractivity contribution in [1.29, 1.82) is 0 Å². The smallest absolute Gasteiger partial charge is 0.417 e. The number of carbonyl (C=O) groups is 1. The molecule has 4 nitrogen and oxygen atoms in total. The number of hydrogen-bond acceptors (Lipinski definition) is 2. The van der Waals surface area contributed by atoms with E-state index in [0.29, 0.717) is 5.65 Å². The number of aromatic nitrogens is 2. The Morgan fingerprint density at radius 2 is 2.36 bits per heavy atom. The number of halogens is 1. The average Bonchev–Trinajstić information content (AvgIpc) is 2.55. The van der Waals surface area contributed by atoms with Gasteiger partial charge >= 0.3 is 6.09 Å². The molecule has 0 radical (unpaired) electrons. The third-order valence-corrected chi connectivity index (χ3v) is 2.93. The van der Waals surface area contributed by atoms with Crippen LogP contribution in [0.25, 0.3) is 11.0 Å². The summed E-state index contributed by atoms with van der Waals surface area (Å²) < 4.78 is 1.99. The largest absolute Gasteiger partial charge is 0.464 e. The maximum Gasteiger partial charge on any atom is 0.417 e. The van der Waals surface area contributed by atoms with Gasteiger partial charge in [0.05, 0.1) is 0 Å². The van der Waals surface area contributed by atoms with Crippen molar-refractivity contribution in [3.8, 4) is 0 Å². The van der Waals surface area contributed by atoms with E-state index in [2.05, 4.69) is 20.9 Å². The van der Waals surface area contributed by atoms with Gasteiger partial charge in [-0.25, -0.2) is 14.3 Å². The highest BCUT2D eigenvalue weighted by molar-refractivity contribution is 9.10. The summed E-state index contributed by atoms with van der Waals surface area (Å²) in [5.41, 5.74) is 1.47. The summed E-state index contributed by atoms with van der Waals surface area (Å²) in [6.07, 6.45) is 2.09. The molecular formula is C9H7BrN2O2. The highest BCUT2D eigenvalue weighted by Crippen LogP contribution is 2.24. The predicted molar refractivity (Wildman–Crippen MR) is 55.6 cm³/mol. The van der Waals surface area contributed by atoms with E-state index >= 15 is 0 Å². The van der Waals surface area contributed by atoms with Gasteiger partial charge in [0.1, 0.15) is 5.65 Å². The molecule has 0 spiro atoms. The quantitative estimate of drug-likeness (QED) is 0.787. The minimum absolute atomic E-state index is 0.471. The molecule has 2 heterocycles. The monoisotopic (exact) mass is 254 g/mol. The van der Waals surface area contributed by atoms with Crippen LogP contribution in [0.3, 0.4) is 0 Å². The van der Waals surface area contributed by atoms with Crippen LogP contribution in [0, 0.1) is 6.92 Å². The van der Waals surface area contributed by atoms with Crippen molar-refractivity contribution >= 4 is 33.1 Å². The summed E-state index contributed by atoms with van der Waals surface area (Å²) in [7, 11) is 0. The molecular weight excluding hydrogens is 248 g/mol. The first-order valence-corrected chi connectivity index (χ1v) is 4.76. The van der Waals surface area contributed by atoms with Gasteiger partial charge in [0.2, 0.25) is 0 Å². The van der Waals surface area contributed by atoms with Gasteiger partial charge in [-0.1, -0.05) is 0 Å². The number of fused-ring (bicyclic) bond motifs is 1. The molecule has 0 amide bonds. The van der Waals surface area contributed by atoms with Crippen LogP contribution in [0.4, 0.5) is 4.79 Å². The number of pyridine rings is 1. The molecule has 0 aliphatic heterocycles. The van der Waals surface area contributed by atoms with E-state index < -0.39 is 6.09 Å². The van der Waals surface area contributed by atoms with E-state index in [1.165, 1.54) is 6.20 Å². The van der Waals surface area contributed by atoms with Crippen LogP contribution in [0.1, 0.15) is 5.56 Å². The van der Waals surface area contributed by atoms with Crippen molar-refractivity contribution in [3.63, 3.8) is 0 Å². The molecule has 2 aromatic heterocycles. The fourth-order valence-electron chi connectivity index (χ4n) is 1.35. The van der Waals surface area contributed by atoms with Crippen molar-refractivity contribution in [3.05, 3.63) is 28.5 Å². The first kappa shape index (κ1) is 9.21. The van der Waals surface area contributed by atoms with Gasteiger partial charge in [0, 0.05) is 22.3 Å². The van der Waals surface area contributed by atoms with Crippen LogP contribution in [-0.2, 0) is 0 Å². The molecule has 0 aromatic carbocycles. The van der Waals surface area contributed by atoms with Crippen LogP contribution in [0.15, 0.2) is 22.9 Å². The van der Waals surface area contributed by atoms with Crippen LogP contribution in [0.2, 0.25) is 0 Å². The Hall–Kier alpha value is -1.36. The zero-order valence-electron chi connectivity index (χ0n) is 7.36. The lowest BCUT2D eigenvalue weighted by atomic mass is 10.2. The lowest BCUT2D eigenvalue weighted by molar-refractivity contribution is 0.197. The zero-order valence-corrected chi connectivity index (χ0v) is 8.95. The topological polar surface area (TPSA) is 55.1 Å². The second-order valence-electron chi connectivity index (χ2n) is 2.94. The molecule has 5 heteroatoms. The van der Waals surface area contributed by atoms with Gasteiger partial charge in [-0.15, -0.1) is 0 Å². The van der Waals surface area contributed by atoms with Gasteiger partial charge in [-0.05, 0) is 34.5 Å². The molecule has 0 bridgehead atoms. The van der Waals surface area contributed by atoms with Gasteiger partial charge in [0.15, 0.2) is 0 Å². The molecule has 2 rings (SSSR count). The minimum Gasteiger partial charge on any atom is -0.464 e. The maximum absolute atomic E-state index is 10.8. The van der Waals surface area contributed by atoms with E-state index in [1.807, 2.05) is 6.92 Å². The van der Waals surface area contributed by atoms with E-state index in [0.717, 1.165) is 20.0 Å². The van der Waals surface area contributed by atoms with Gasteiger partial charge in [-0.3, -0.25) is 0 Å². The Morgan fingerprint density at radius 3 is 3.00 bits per heavy atom. The van der Waals surface area contributed by atoms with E-state index in [-0.39, 0.29) is 0 Å². The van der Waals surface area contributed by atoms with Crippen LogP contribution < -0.4 is 0 Å². The molecule has 0 atom stereocenters. The Bertz CT molecular complexity index is 519. The molecule has 14 heavy (non-hydrogen) atoms. The number of carboxylic acid groups (broad SMARTS) is 1. The number of hydrogen-bond donors (Lipinski definition) is 1. The normalized spacial score (nSPS) is 10.7. The Kier molecular flexibility index (Phi) is 2.03. The van der Waals surface area contributed by atoms with Gasteiger partial charge in [0.25, 0.3) is 0 Å². The minimum atomic E-state index is -1.02. The van der Waals surface area contributed by atoms with E-state index in [4.69, 9.17) is 5.11 Å². The fraction of sp³-hybridized carbons (Fsp3) is 0.111. The highest BCUT2D eigenvalue weighted by Gasteiger charge is 2.10.